The van der Waals surface area contributed by atoms with Crippen LogP contribution in [-0.2, 0) is 13.0 Å². The first-order valence-corrected chi connectivity index (χ1v) is 8.35. The number of nitrogens with one attached hydrogen (secondary N) is 1. The van der Waals surface area contributed by atoms with Crippen molar-refractivity contribution in [2.45, 2.75) is 32.4 Å². The van der Waals surface area contributed by atoms with Crippen LogP contribution in [0.5, 0.6) is 0 Å². The Morgan fingerprint density at radius 3 is 2.86 bits per heavy atom. The third-order valence-corrected chi connectivity index (χ3v) is 5.33. The third kappa shape index (κ3) is 3.49. The zero-order valence-corrected chi connectivity index (χ0v) is 13.5. The average molecular weight is 320 g/mol. The summed E-state index contributed by atoms with van der Waals surface area (Å²) >= 11 is 8.22. The van der Waals surface area contributed by atoms with Crippen molar-refractivity contribution in [3.05, 3.63) is 58.3 Å². The molecule has 0 saturated heterocycles. The Morgan fingerprint density at radius 1 is 1.24 bits per heavy atom. The molecule has 0 bridgehead atoms. The van der Waals surface area contributed by atoms with Crippen molar-refractivity contribution in [3.8, 4) is 0 Å². The maximum Gasteiger partial charge on any atom is 0.103 e. The topological polar surface area (TPSA) is 25.2 Å². The monoisotopic (exact) mass is 319 g/mol. The minimum absolute atomic E-state index is 0.427. The molecule has 1 aromatic carbocycles. The quantitative estimate of drug-likeness (QED) is 0.670. The third-order valence-electron chi connectivity index (χ3n) is 3.62. The lowest BCUT2D eigenvalue weighted by Crippen LogP contribution is -2.25. The summed E-state index contributed by atoms with van der Waals surface area (Å²) in [6, 6.07) is 12.7. The summed E-state index contributed by atoms with van der Waals surface area (Å²) in [5.41, 5.74) is 0. The van der Waals surface area contributed by atoms with Crippen LogP contribution >= 0.6 is 22.9 Å². The van der Waals surface area contributed by atoms with Crippen LogP contribution in [-0.4, -0.2) is 6.04 Å². The summed E-state index contributed by atoms with van der Waals surface area (Å²) in [7, 11) is 0. The standard InChI is InChI=1S/C17H18ClNOS/c1-12(8-9-13-5-4-10-20-13)19-11-16-17(18)14-6-2-3-7-15(14)21-16/h2-7,10,12,19H,8-9,11H2,1H3. The summed E-state index contributed by atoms with van der Waals surface area (Å²) in [6.45, 7) is 3.02. The van der Waals surface area contributed by atoms with E-state index < -0.39 is 0 Å². The molecule has 21 heavy (non-hydrogen) atoms. The number of hydrogen-bond acceptors (Lipinski definition) is 3. The van der Waals surface area contributed by atoms with E-state index in [-0.39, 0.29) is 0 Å². The fourth-order valence-electron chi connectivity index (χ4n) is 2.36. The maximum atomic E-state index is 6.45. The zero-order chi connectivity index (χ0) is 14.7. The van der Waals surface area contributed by atoms with Gasteiger partial charge in [-0.15, -0.1) is 11.3 Å². The molecule has 0 spiro atoms. The van der Waals surface area contributed by atoms with Gasteiger partial charge in [0.25, 0.3) is 0 Å². The molecular weight excluding hydrogens is 302 g/mol. The molecule has 0 saturated carbocycles. The molecule has 4 heteroatoms. The molecular formula is C17H18ClNOS. The van der Waals surface area contributed by atoms with E-state index in [9.17, 15) is 0 Å². The largest absolute Gasteiger partial charge is 0.469 e. The van der Waals surface area contributed by atoms with Gasteiger partial charge in [-0.2, -0.15) is 0 Å². The highest BCUT2D eigenvalue weighted by Gasteiger charge is 2.11. The predicted molar refractivity (Wildman–Crippen MR) is 90.2 cm³/mol. The minimum atomic E-state index is 0.427. The molecule has 0 aliphatic carbocycles. The fourth-order valence-corrected chi connectivity index (χ4v) is 3.81. The lowest BCUT2D eigenvalue weighted by molar-refractivity contribution is 0.461. The lowest BCUT2D eigenvalue weighted by atomic mass is 10.1. The smallest absolute Gasteiger partial charge is 0.103 e. The summed E-state index contributed by atoms with van der Waals surface area (Å²) in [5.74, 6) is 1.04. The SMILES string of the molecule is CC(CCc1ccco1)NCc1sc2ccccc2c1Cl. The molecule has 3 aromatic rings. The number of fused-ring (bicyclic) bond motifs is 1. The molecule has 0 aliphatic heterocycles. The van der Waals surface area contributed by atoms with Crippen LogP contribution in [0.3, 0.4) is 0 Å². The van der Waals surface area contributed by atoms with Crippen molar-refractivity contribution in [1.29, 1.82) is 0 Å². The molecule has 2 aromatic heterocycles. The Kier molecular flexibility index (Phi) is 4.63. The summed E-state index contributed by atoms with van der Waals surface area (Å²) in [6.07, 6.45) is 3.74. The van der Waals surface area contributed by atoms with Crippen molar-refractivity contribution in [1.82, 2.24) is 5.32 Å². The number of halogens is 1. The van der Waals surface area contributed by atoms with Gasteiger partial charge in [0.15, 0.2) is 0 Å². The Hall–Kier alpha value is -1.29. The molecule has 2 nitrogen and oxygen atoms in total. The molecule has 1 N–H and O–H groups in total. The van der Waals surface area contributed by atoms with Crippen LogP contribution in [0.4, 0.5) is 0 Å². The Morgan fingerprint density at radius 2 is 2.10 bits per heavy atom. The number of furan rings is 1. The van der Waals surface area contributed by atoms with E-state index in [0.717, 1.165) is 35.6 Å². The predicted octanol–water partition coefficient (Wildman–Crippen LogP) is 5.26. The van der Waals surface area contributed by atoms with E-state index in [1.54, 1.807) is 17.6 Å². The molecule has 0 amide bonds. The summed E-state index contributed by atoms with van der Waals surface area (Å²) < 4.78 is 6.61. The lowest BCUT2D eigenvalue weighted by Gasteiger charge is -2.12. The Bertz CT molecular complexity index is 705. The normalized spacial score (nSPS) is 12.9. The fraction of sp³-hybridized carbons (Fsp3) is 0.294. The van der Waals surface area contributed by atoms with Gasteiger partial charge < -0.3 is 9.73 Å². The molecule has 110 valence electrons. The van der Waals surface area contributed by atoms with Crippen molar-refractivity contribution in [2.75, 3.05) is 0 Å². The van der Waals surface area contributed by atoms with E-state index in [1.807, 2.05) is 18.2 Å². The van der Waals surface area contributed by atoms with Gasteiger partial charge in [-0.05, 0) is 31.5 Å². The van der Waals surface area contributed by atoms with Gasteiger partial charge in [-0.3, -0.25) is 0 Å². The number of aryl methyl sites for hydroxylation is 1. The van der Waals surface area contributed by atoms with Crippen molar-refractivity contribution in [2.24, 2.45) is 0 Å². The summed E-state index contributed by atoms with van der Waals surface area (Å²) in [5, 5.41) is 5.59. The molecule has 0 aliphatic rings. The van der Waals surface area contributed by atoms with Crippen molar-refractivity contribution in [3.63, 3.8) is 0 Å². The van der Waals surface area contributed by atoms with Crippen LogP contribution in [0.1, 0.15) is 24.0 Å². The van der Waals surface area contributed by atoms with Crippen LogP contribution in [0.15, 0.2) is 47.1 Å². The van der Waals surface area contributed by atoms with Gasteiger partial charge in [-0.1, -0.05) is 29.8 Å². The van der Waals surface area contributed by atoms with Crippen LogP contribution in [0.2, 0.25) is 5.02 Å². The highest BCUT2D eigenvalue weighted by Crippen LogP contribution is 2.35. The van der Waals surface area contributed by atoms with Crippen LogP contribution in [0, 0.1) is 0 Å². The molecule has 1 atom stereocenters. The van der Waals surface area contributed by atoms with Crippen molar-refractivity contribution >= 4 is 33.0 Å². The van der Waals surface area contributed by atoms with E-state index in [2.05, 4.69) is 30.4 Å². The molecule has 3 rings (SSSR count). The minimum Gasteiger partial charge on any atom is -0.469 e. The highest BCUT2D eigenvalue weighted by molar-refractivity contribution is 7.19. The van der Waals surface area contributed by atoms with Gasteiger partial charge in [0.05, 0.1) is 11.3 Å². The van der Waals surface area contributed by atoms with E-state index in [1.165, 1.54) is 9.58 Å². The molecule has 0 fully saturated rings. The van der Waals surface area contributed by atoms with E-state index >= 15 is 0 Å². The first-order valence-electron chi connectivity index (χ1n) is 7.15. The van der Waals surface area contributed by atoms with Gasteiger partial charge >= 0.3 is 0 Å². The number of thiophene rings is 1. The van der Waals surface area contributed by atoms with Crippen LogP contribution in [0.25, 0.3) is 10.1 Å². The number of rotatable bonds is 6. The second-order valence-corrected chi connectivity index (χ2v) is 6.75. The van der Waals surface area contributed by atoms with Gasteiger partial charge in [0, 0.05) is 34.0 Å². The highest BCUT2D eigenvalue weighted by atomic mass is 35.5. The van der Waals surface area contributed by atoms with Crippen LogP contribution < -0.4 is 5.32 Å². The summed E-state index contributed by atoms with van der Waals surface area (Å²) in [4.78, 5) is 1.21. The molecule has 2 heterocycles. The first kappa shape index (κ1) is 14.6. The zero-order valence-electron chi connectivity index (χ0n) is 11.9. The first-order chi connectivity index (χ1) is 10.2. The Labute approximate surface area is 133 Å². The van der Waals surface area contributed by atoms with E-state index in [0.29, 0.717) is 6.04 Å². The van der Waals surface area contributed by atoms with Gasteiger partial charge in [0.2, 0.25) is 0 Å². The van der Waals surface area contributed by atoms with Gasteiger partial charge in [-0.25, -0.2) is 0 Å². The average Bonchev–Trinajstić information content (AvgIpc) is 3.12. The second-order valence-electron chi connectivity index (χ2n) is 5.24. The second kappa shape index (κ2) is 6.65. The Balaban J connectivity index is 1.57. The maximum absolute atomic E-state index is 6.45. The van der Waals surface area contributed by atoms with E-state index in [4.69, 9.17) is 16.0 Å². The van der Waals surface area contributed by atoms with Gasteiger partial charge in [0.1, 0.15) is 5.76 Å². The molecule has 1 unspecified atom stereocenters. The number of hydrogen-bond donors (Lipinski definition) is 1. The van der Waals surface area contributed by atoms with Crippen molar-refractivity contribution < 1.29 is 4.42 Å². The molecule has 0 radical (unpaired) electrons. The number of benzene rings is 1.